The monoisotopic (exact) mass is 592 g/mol. The first-order chi connectivity index (χ1) is 18.9. The molecule has 0 saturated carbocycles. The fraction of sp³-hybridized carbons (Fsp3) is 0.207. The summed E-state index contributed by atoms with van der Waals surface area (Å²) < 4.78 is 20.7. The number of aliphatic hydroxyl groups excluding tert-OH is 1. The summed E-state index contributed by atoms with van der Waals surface area (Å²) in [4.78, 5) is 36.0. The molecule has 5 rings (SSSR count). The summed E-state index contributed by atoms with van der Waals surface area (Å²) in [5.74, 6) is -0.290. The molecule has 3 N–H and O–H groups in total. The number of urea groups is 1. The molecule has 1 aromatic heterocycles. The van der Waals surface area contributed by atoms with Crippen molar-refractivity contribution >= 4 is 27.9 Å². The van der Waals surface area contributed by atoms with Crippen molar-refractivity contribution in [1.29, 1.82) is 0 Å². The number of imide groups is 1. The minimum absolute atomic E-state index is 0.113. The number of ether oxygens (including phenoxy) is 1. The lowest BCUT2D eigenvalue weighted by atomic mass is 9.91. The van der Waals surface area contributed by atoms with Crippen molar-refractivity contribution in [2.24, 2.45) is 0 Å². The molecular weight excluding hydrogens is 567 g/mol. The van der Waals surface area contributed by atoms with E-state index in [1.54, 1.807) is 36.4 Å². The molecule has 8 nitrogen and oxygen atoms in total. The second-order valence-corrected chi connectivity index (χ2v) is 10.1. The van der Waals surface area contributed by atoms with Gasteiger partial charge in [0.2, 0.25) is 0 Å². The molecular formula is C29H26BrFN4O4. The molecule has 200 valence electrons. The molecule has 2 heterocycles. The number of rotatable bonds is 9. The molecule has 0 spiro atoms. The summed E-state index contributed by atoms with van der Waals surface area (Å²) in [7, 11) is 0. The predicted octanol–water partition coefficient (Wildman–Crippen LogP) is 5.49. The Kier molecular flexibility index (Phi) is 7.76. The van der Waals surface area contributed by atoms with Crippen LogP contribution in [0, 0.1) is 5.82 Å². The van der Waals surface area contributed by atoms with E-state index in [-0.39, 0.29) is 19.1 Å². The lowest BCUT2D eigenvalue weighted by molar-refractivity contribution is -0.129. The van der Waals surface area contributed by atoms with Gasteiger partial charge in [-0.2, -0.15) is 0 Å². The number of nitrogens with zero attached hydrogens (tertiary/aromatic N) is 2. The summed E-state index contributed by atoms with van der Waals surface area (Å²) >= 11 is 3.27. The number of carbonyl (C=O) groups excluding carboxylic acids is 2. The van der Waals surface area contributed by atoms with E-state index >= 15 is 0 Å². The molecule has 39 heavy (non-hydrogen) atoms. The number of halogens is 2. The Hall–Kier alpha value is -4.02. The van der Waals surface area contributed by atoms with Gasteiger partial charge in [-0.3, -0.25) is 9.69 Å². The van der Waals surface area contributed by atoms with Gasteiger partial charge in [0.05, 0.1) is 18.5 Å². The van der Waals surface area contributed by atoms with Crippen LogP contribution in [-0.2, 0) is 4.79 Å². The third-order valence-electron chi connectivity index (χ3n) is 6.72. The van der Waals surface area contributed by atoms with Crippen LogP contribution in [0.25, 0.3) is 11.3 Å². The Morgan fingerprint density at radius 3 is 2.54 bits per heavy atom. The maximum absolute atomic E-state index is 14.7. The molecule has 1 saturated heterocycles. The number of nitrogens with one attached hydrogen (secondary N) is 2. The van der Waals surface area contributed by atoms with E-state index in [1.807, 2.05) is 37.3 Å². The number of hydrogen-bond acceptors (Lipinski definition) is 5. The number of aromatic amines is 1. The molecule has 0 radical (unpaired) electrons. The Bertz CT molecular complexity index is 1480. The fourth-order valence-corrected chi connectivity index (χ4v) is 5.09. The number of carbonyl (C=O) groups is 2. The van der Waals surface area contributed by atoms with Gasteiger partial charge in [-0.15, -0.1) is 0 Å². The van der Waals surface area contributed by atoms with Gasteiger partial charge in [-0.05, 0) is 41.5 Å². The zero-order valence-electron chi connectivity index (χ0n) is 21.0. The van der Waals surface area contributed by atoms with Crippen molar-refractivity contribution in [1.82, 2.24) is 20.2 Å². The summed E-state index contributed by atoms with van der Waals surface area (Å²) in [6.45, 7) is 1.96. The van der Waals surface area contributed by atoms with E-state index in [2.05, 4.69) is 31.2 Å². The molecule has 1 aliphatic rings. The first kappa shape index (κ1) is 26.6. The van der Waals surface area contributed by atoms with Gasteiger partial charge < -0.3 is 20.1 Å². The van der Waals surface area contributed by atoms with Crippen molar-refractivity contribution in [3.63, 3.8) is 0 Å². The molecule has 10 heteroatoms. The van der Waals surface area contributed by atoms with Crippen molar-refractivity contribution in [2.45, 2.75) is 24.9 Å². The number of aliphatic hydroxyl groups is 1. The van der Waals surface area contributed by atoms with Crippen molar-refractivity contribution in [3.05, 3.63) is 106 Å². The average molecular weight is 593 g/mol. The number of amides is 3. The number of H-pyrrole nitrogens is 1. The van der Waals surface area contributed by atoms with Crippen molar-refractivity contribution in [2.75, 3.05) is 13.2 Å². The molecule has 3 amide bonds. The van der Waals surface area contributed by atoms with Crippen LogP contribution in [0.15, 0.2) is 83.5 Å². The fourth-order valence-electron chi connectivity index (χ4n) is 4.76. The van der Waals surface area contributed by atoms with E-state index in [0.717, 1.165) is 5.56 Å². The van der Waals surface area contributed by atoms with Crippen LogP contribution in [-0.4, -0.2) is 45.1 Å². The van der Waals surface area contributed by atoms with E-state index in [9.17, 15) is 14.0 Å². The first-order valence-electron chi connectivity index (χ1n) is 12.4. The normalized spacial score (nSPS) is 16.7. The highest BCUT2D eigenvalue weighted by Gasteiger charge is 2.46. The Labute approximate surface area is 233 Å². The highest BCUT2D eigenvalue weighted by molar-refractivity contribution is 9.10. The van der Waals surface area contributed by atoms with Crippen LogP contribution in [0.5, 0.6) is 5.75 Å². The number of hydrogen-bond donors (Lipinski definition) is 3. The predicted molar refractivity (Wildman–Crippen MR) is 146 cm³/mol. The molecule has 1 fully saturated rings. The number of imidazole rings is 1. The molecule has 3 atom stereocenters. The average Bonchev–Trinajstić information content (AvgIpc) is 3.53. The van der Waals surface area contributed by atoms with Crippen LogP contribution in [0.3, 0.4) is 0 Å². The smallest absolute Gasteiger partial charge is 0.325 e. The first-order valence-corrected chi connectivity index (χ1v) is 13.2. The Morgan fingerprint density at radius 1 is 1.10 bits per heavy atom. The van der Waals surface area contributed by atoms with Crippen LogP contribution >= 0.6 is 15.9 Å². The van der Waals surface area contributed by atoms with Crippen LogP contribution < -0.4 is 10.1 Å². The number of benzene rings is 3. The van der Waals surface area contributed by atoms with Gasteiger partial charge in [0, 0.05) is 16.0 Å². The summed E-state index contributed by atoms with van der Waals surface area (Å²) in [6.07, 6.45) is 1.51. The summed E-state index contributed by atoms with van der Waals surface area (Å²) in [5, 5.41) is 11.8. The standard InChI is InChI=1S/C29H26BrFN4O4/c1-17(18-5-3-2-4-6-18)26(27-32-16-24(33-27)22-12-9-20(30)15-23(22)31)35-28(37)25(34-29(35)38)19-7-10-21(11-8-19)39-14-13-36/h2-12,15-17,25-26,36H,13-14H2,1H3,(H,32,33)(H,34,38)/t17-,25+,26?/m0/s1. The van der Waals surface area contributed by atoms with Gasteiger partial charge in [-0.25, -0.2) is 14.2 Å². The molecule has 0 bridgehead atoms. The van der Waals surface area contributed by atoms with Crippen molar-refractivity contribution < 1.29 is 23.8 Å². The lowest BCUT2D eigenvalue weighted by Gasteiger charge is -2.29. The van der Waals surface area contributed by atoms with Crippen LogP contribution in [0.2, 0.25) is 0 Å². The second-order valence-electron chi connectivity index (χ2n) is 9.18. The minimum Gasteiger partial charge on any atom is -0.491 e. The van der Waals surface area contributed by atoms with Gasteiger partial charge in [0.1, 0.15) is 36.1 Å². The molecule has 1 unspecified atom stereocenters. The largest absolute Gasteiger partial charge is 0.491 e. The van der Waals surface area contributed by atoms with Gasteiger partial charge in [0.25, 0.3) is 5.91 Å². The minimum atomic E-state index is -0.895. The van der Waals surface area contributed by atoms with E-state index in [0.29, 0.717) is 32.9 Å². The third-order valence-corrected chi connectivity index (χ3v) is 7.21. The second kappa shape index (κ2) is 11.4. The molecule has 0 aliphatic carbocycles. The van der Waals surface area contributed by atoms with Crippen LogP contribution in [0.1, 0.15) is 41.9 Å². The van der Waals surface area contributed by atoms with Gasteiger partial charge >= 0.3 is 6.03 Å². The summed E-state index contributed by atoms with van der Waals surface area (Å²) in [6, 6.07) is 18.8. The highest BCUT2D eigenvalue weighted by Crippen LogP contribution is 2.39. The molecule has 3 aromatic carbocycles. The van der Waals surface area contributed by atoms with E-state index in [1.165, 1.54) is 17.2 Å². The topological polar surface area (TPSA) is 108 Å². The van der Waals surface area contributed by atoms with Crippen LogP contribution in [0.4, 0.5) is 9.18 Å². The lowest BCUT2D eigenvalue weighted by Crippen LogP contribution is -2.38. The van der Waals surface area contributed by atoms with E-state index < -0.39 is 29.8 Å². The SMILES string of the molecule is C[C@@H](c1ccccc1)C(c1ncc(-c2ccc(Br)cc2F)[nH]1)N1C(=O)N[C@H](c2ccc(OCCO)cc2)C1=O. The third kappa shape index (κ3) is 5.43. The Balaban J connectivity index is 1.50. The van der Waals surface area contributed by atoms with Gasteiger partial charge in [0.15, 0.2) is 0 Å². The zero-order chi connectivity index (χ0) is 27.5. The molecule has 1 aliphatic heterocycles. The molecule has 4 aromatic rings. The van der Waals surface area contributed by atoms with E-state index in [4.69, 9.17) is 9.84 Å². The summed E-state index contributed by atoms with van der Waals surface area (Å²) in [5.41, 5.74) is 2.25. The maximum Gasteiger partial charge on any atom is 0.325 e. The quantitative estimate of drug-likeness (QED) is 0.223. The van der Waals surface area contributed by atoms with Crippen molar-refractivity contribution in [3.8, 4) is 17.0 Å². The zero-order valence-corrected chi connectivity index (χ0v) is 22.6. The van der Waals surface area contributed by atoms with Gasteiger partial charge in [-0.1, -0.05) is 65.3 Å². The Morgan fingerprint density at radius 2 is 1.85 bits per heavy atom. The highest BCUT2D eigenvalue weighted by atomic mass is 79.9. The maximum atomic E-state index is 14.7. The number of aromatic nitrogens is 2.